The number of fused-ring (bicyclic) bond motifs is 1. The van der Waals surface area contributed by atoms with E-state index < -0.39 is 0 Å². The second-order valence-corrected chi connectivity index (χ2v) is 7.02. The fourth-order valence-electron chi connectivity index (χ4n) is 3.52. The van der Waals surface area contributed by atoms with Crippen LogP contribution in [0.25, 0.3) is 5.65 Å². The molecule has 0 atom stereocenters. The topological polar surface area (TPSA) is 81.3 Å². The van der Waals surface area contributed by atoms with Gasteiger partial charge in [0.1, 0.15) is 23.6 Å². The molecule has 0 N–H and O–H groups in total. The van der Waals surface area contributed by atoms with E-state index in [1.807, 2.05) is 22.9 Å². The number of hydrogen-bond acceptors (Lipinski definition) is 7. The number of rotatable bonds is 5. The highest BCUT2D eigenvalue weighted by molar-refractivity contribution is 5.45. The van der Waals surface area contributed by atoms with Gasteiger partial charge in [0.05, 0.1) is 31.0 Å². The summed E-state index contributed by atoms with van der Waals surface area (Å²) in [4.78, 5) is 24.6. The van der Waals surface area contributed by atoms with Crippen molar-refractivity contribution in [1.82, 2.24) is 29.3 Å². The van der Waals surface area contributed by atoms with Crippen LogP contribution >= 0.6 is 0 Å². The SMILES string of the molecule is c1cc(Cc2nc(Cc3ccn4ccnc4c3)cc(N3CCOCC3)n2)ncn1. The van der Waals surface area contributed by atoms with E-state index in [1.54, 1.807) is 18.7 Å². The number of aromatic nitrogens is 6. The average molecular weight is 387 g/mol. The van der Waals surface area contributed by atoms with Crippen molar-refractivity contribution in [3.63, 3.8) is 0 Å². The van der Waals surface area contributed by atoms with E-state index in [-0.39, 0.29) is 0 Å². The van der Waals surface area contributed by atoms with Gasteiger partial charge in [-0.25, -0.2) is 24.9 Å². The van der Waals surface area contributed by atoms with Crippen LogP contribution in [0.5, 0.6) is 0 Å². The molecule has 29 heavy (non-hydrogen) atoms. The largest absolute Gasteiger partial charge is 0.378 e. The summed E-state index contributed by atoms with van der Waals surface area (Å²) in [6.45, 7) is 3.11. The molecule has 5 heterocycles. The molecule has 0 bridgehead atoms. The zero-order chi connectivity index (χ0) is 19.5. The molecule has 0 amide bonds. The first-order valence-electron chi connectivity index (χ1n) is 9.69. The monoisotopic (exact) mass is 387 g/mol. The molecule has 0 radical (unpaired) electrons. The molecule has 0 aliphatic carbocycles. The van der Waals surface area contributed by atoms with Crippen LogP contribution in [0.3, 0.4) is 0 Å². The second-order valence-electron chi connectivity index (χ2n) is 7.02. The van der Waals surface area contributed by atoms with E-state index in [0.717, 1.165) is 61.4 Å². The Morgan fingerprint density at radius 3 is 2.69 bits per heavy atom. The molecule has 0 unspecified atom stereocenters. The van der Waals surface area contributed by atoms with Crippen molar-refractivity contribution in [2.24, 2.45) is 0 Å². The summed E-state index contributed by atoms with van der Waals surface area (Å²) in [5.74, 6) is 1.72. The molecule has 146 valence electrons. The minimum atomic E-state index is 0.576. The molecule has 8 heteroatoms. The van der Waals surface area contributed by atoms with Crippen molar-refractivity contribution in [3.8, 4) is 0 Å². The van der Waals surface area contributed by atoms with Gasteiger partial charge >= 0.3 is 0 Å². The molecule has 0 spiro atoms. The Balaban J connectivity index is 1.47. The van der Waals surface area contributed by atoms with Crippen LogP contribution in [0.15, 0.2) is 55.4 Å². The highest BCUT2D eigenvalue weighted by Crippen LogP contribution is 2.18. The van der Waals surface area contributed by atoms with Crippen molar-refractivity contribution in [1.29, 1.82) is 0 Å². The Morgan fingerprint density at radius 1 is 0.897 bits per heavy atom. The number of pyridine rings is 1. The van der Waals surface area contributed by atoms with Crippen LogP contribution in [0.1, 0.15) is 22.8 Å². The van der Waals surface area contributed by atoms with Crippen LogP contribution in [0.2, 0.25) is 0 Å². The van der Waals surface area contributed by atoms with Gasteiger partial charge in [-0.15, -0.1) is 0 Å². The fourth-order valence-corrected chi connectivity index (χ4v) is 3.52. The number of ether oxygens (including phenoxy) is 1. The number of nitrogens with zero attached hydrogens (tertiary/aromatic N) is 7. The smallest absolute Gasteiger partial charge is 0.136 e. The molecule has 4 aromatic rings. The summed E-state index contributed by atoms with van der Waals surface area (Å²) in [6.07, 6.45) is 10.4. The minimum Gasteiger partial charge on any atom is -0.378 e. The van der Waals surface area contributed by atoms with Crippen LogP contribution in [0, 0.1) is 0 Å². The molecular weight excluding hydrogens is 366 g/mol. The quantitative estimate of drug-likeness (QED) is 0.518. The number of imidazole rings is 1. The van der Waals surface area contributed by atoms with E-state index in [4.69, 9.17) is 14.7 Å². The van der Waals surface area contributed by atoms with E-state index in [9.17, 15) is 0 Å². The van der Waals surface area contributed by atoms with Crippen molar-refractivity contribution < 1.29 is 4.74 Å². The Kier molecular flexibility index (Phi) is 4.83. The zero-order valence-corrected chi connectivity index (χ0v) is 16.0. The second kappa shape index (κ2) is 7.92. The van der Waals surface area contributed by atoms with Gasteiger partial charge in [-0.05, 0) is 23.8 Å². The summed E-state index contributed by atoms with van der Waals surface area (Å²) in [5.41, 5.74) is 4.00. The summed E-state index contributed by atoms with van der Waals surface area (Å²) in [6, 6.07) is 8.19. The maximum absolute atomic E-state index is 5.49. The normalized spacial score (nSPS) is 14.4. The van der Waals surface area contributed by atoms with Crippen LogP contribution in [-0.2, 0) is 17.6 Å². The van der Waals surface area contributed by atoms with Crippen LogP contribution < -0.4 is 4.90 Å². The van der Waals surface area contributed by atoms with Gasteiger partial charge in [0.25, 0.3) is 0 Å². The third-order valence-corrected chi connectivity index (χ3v) is 4.98. The Bertz CT molecular complexity index is 1110. The number of morpholine rings is 1. The van der Waals surface area contributed by atoms with Crippen LogP contribution in [0.4, 0.5) is 5.82 Å². The molecule has 4 aromatic heterocycles. The molecule has 0 saturated carbocycles. The van der Waals surface area contributed by atoms with E-state index >= 15 is 0 Å². The number of anilines is 1. The minimum absolute atomic E-state index is 0.576. The maximum atomic E-state index is 5.49. The summed E-state index contributed by atoms with van der Waals surface area (Å²) in [7, 11) is 0. The molecule has 5 rings (SSSR count). The van der Waals surface area contributed by atoms with Crippen LogP contribution in [-0.4, -0.2) is 55.6 Å². The molecule has 1 saturated heterocycles. The first-order valence-corrected chi connectivity index (χ1v) is 9.69. The summed E-state index contributed by atoms with van der Waals surface area (Å²) < 4.78 is 7.50. The standard InChI is InChI=1S/C21H21N7O/c1-3-22-15-24-17(1)13-19-25-18(14-21(26-19)28-7-9-29-10-8-28)11-16-2-5-27-6-4-23-20(27)12-16/h1-6,12,14-15H,7-11,13H2. The van der Waals surface area contributed by atoms with Gasteiger partial charge in [0.15, 0.2) is 0 Å². The first-order chi connectivity index (χ1) is 14.3. The lowest BCUT2D eigenvalue weighted by molar-refractivity contribution is 0.122. The van der Waals surface area contributed by atoms with Gasteiger partial charge in [-0.3, -0.25) is 0 Å². The predicted octanol–water partition coefficient (Wildman–Crippen LogP) is 1.93. The highest BCUT2D eigenvalue weighted by Gasteiger charge is 2.16. The van der Waals surface area contributed by atoms with Crippen molar-refractivity contribution in [3.05, 3.63) is 78.2 Å². The molecular formula is C21H21N7O. The zero-order valence-electron chi connectivity index (χ0n) is 16.0. The van der Waals surface area contributed by atoms with Gasteiger partial charge in [0.2, 0.25) is 0 Å². The first kappa shape index (κ1) is 17.7. The maximum Gasteiger partial charge on any atom is 0.136 e. The highest BCUT2D eigenvalue weighted by atomic mass is 16.5. The van der Waals surface area contributed by atoms with Crippen molar-refractivity contribution in [2.45, 2.75) is 12.8 Å². The lowest BCUT2D eigenvalue weighted by atomic mass is 10.1. The fraction of sp³-hybridized carbons (Fsp3) is 0.286. The predicted molar refractivity (Wildman–Crippen MR) is 108 cm³/mol. The Morgan fingerprint density at radius 2 is 1.83 bits per heavy atom. The van der Waals surface area contributed by atoms with E-state index in [1.165, 1.54) is 5.56 Å². The summed E-state index contributed by atoms with van der Waals surface area (Å²) >= 11 is 0. The van der Waals surface area contributed by atoms with Crippen molar-refractivity contribution in [2.75, 3.05) is 31.2 Å². The third-order valence-electron chi connectivity index (χ3n) is 4.98. The Labute approximate surface area is 168 Å². The summed E-state index contributed by atoms with van der Waals surface area (Å²) in [5, 5.41) is 0. The molecule has 1 fully saturated rings. The van der Waals surface area contributed by atoms with E-state index in [2.05, 4.69) is 38.1 Å². The molecule has 8 nitrogen and oxygen atoms in total. The van der Waals surface area contributed by atoms with Gasteiger partial charge < -0.3 is 14.0 Å². The van der Waals surface area contributed by atoms with Gasteiger partial charge in [-0.2, -0.15) is 0 Å². The lowest BCUT2D eigenvalue weighted by Gasteiger charge is -2.28. The van der Waals surface area contributed by atoms with Gasteiger partial charge in [-0.1, -0.05) is 0 Å². The Hall–Kier alpha value is -3.39. The molecule has 0 aromatic carbocycles. The molecule has 1 aliphatic rings. The van der Waals surface area contributed by atoms with Crippen molar-refractivity contribution >= 4 is 11.5 Å². The average Bonchev–Trinajstić information content (AvgIpc) is 3.23. The third kappa shape index (κ3) is 4.07. The lowest BCUT2D eigenvalue weighted by Crippen LogP contribution is -2.37. The van der Waals surface area contributed by atoms with Gasteiger partial charge in [0, 0.05) is 50.4 Å². The number of hydrogen-bond donors (Lipinski definition) is 0. The molecule has 1 aliphatic heterocycles. The van der Waals surface area contributed by atoms with E-state index in [0.29, 0.717) is 6.42 Å².